The zero-order valence-electron chi connectivity index (χ0n) is 26.7. The second kappa shape index (κ2) is 15.4. The van der Waals surface area contributed by atoms with E-state index in [2.05, 4.69) is 25.5 Å². The lowest BCUT2D eigenvalue weighted by Crippen LogP contribution is -2.38. The predicted octanol–water partition coefficient (Wildman–Crippen LogP) is 4.47. The number of carbonyl (C=O) groups excluding carboxylic acids is 3. The van der Waals surface area contributed by atoms with E-state index in [1.165, 1.54) is 29.4 Å². The van der Waals surface area contributed by atoms with Crippen LogP contribution in [-0.2, 0) is 35.3 Å². The number of hydrogen-bond acceptors (Lipinski definition) is 12. The number of thiazole rings is 1. The number of halogens is 2. The summed E-state index contributed by atoms with van der Waals surface area (Å²) in [6.07, 6.45) is 6.07. The van der Waals surface area contributed by atoms with Gasteiger partial charge in [-0.05, 0) is 51.7 Å². The fraction of sp³-hybridized carbons (Fsp3) is 0.419. The number of carboxylic acid groups (broad SMARTS) is 1. The minimum atomic E-state index is -1.65. The SMILES string of the molecule is CCOC1CCC(n2cc(NC(=O)c3csc(-c4cnn(COC(=O)C(OC(C)=O)[C@@H](C)C(=O)O)c4)n3)c(-c3nc(F)ccc3F)n2)CC1. The highest BCUT2D eigenvalue weighted by Gasteiger charge is 2.34. The fourth-order valence-electron chi connectivity index (χ4n) is 5.26. The van der Waals surface area contributed by atoms with Crippen LogP contribution < -0.4 is 5.32 Å². The molecular weight excluding hydrogens is 668 g/mol. The fourth-order valence-corrected chi connectivity index (χ4v) is 6.03. The van der Waals surface area contributed by atoms with Crippen LogP contribution in [0.1, 0.15) is 63.0 Å². The Morgan fingerprint density at radius 2 is 1.86 bits per heavy atom. The van der Waals surface area contributed by atoms with Gasteiger partial charge in [-0.2, -0.15) is 14.6 Å². The van der Waals surface area contributed by atoms with Crippen LogP contribution in [-0.4, -0.2) is 77.3 Å². The van der Waals surface area contributed by atoms with E-state index in [1.54, 1.807) is 10.9 Å². The third kappa shape index (κ3) is 8.50. The number of aliphatic carboxylic acids is 1. The molecular formula is C31H33F2N7O8S. The van der Waals surface area contributed by atoms with Crippen molar-refractivity contribution in [1.82, 2.24) is 29.5 Å². The van der Waals surface area contributed by atoms with Crippen molar-refractivity contribution < 1.29 is 47.3 Å². The van der Waals surface area contributed by atoms with Gasteiger partial charge in [-0.15, -0.1) is 11.3 Å². The third-order valence-electron chi connectivity index (χ3n) is 7.76. The summed E-state index contributed by atoms with van der Waals surface area (Å²) >= 11 is 1.12. The highest BCUT2D eigenvalue weighted by molar-refractivity contribution is 7.13. The Kier molecular flexibility index (Phi) is 11.1. The Labute approximate surface area is 282 Å². The third-order valence-corrected chi connectivity index (χ3v) is 8.65. The summed E-state index contributed by atoms with van der Waals surface area (Å²) in [4.78, 5) is 56.6. The quantitative estimate of drug-likeness (QED) is 0.147. The van der Waals surface area contributed by atoms with E-state index in [0.29, 0.717) is 17.2 Å². The second-order valence-electron chi connectivity index (χ2n) is 11.2. The largest absolute Gasteiger partial charge is 0.481 e. The number of ether oxygens (including phenoxy) is 3. The highest BCUT2D eigenvalue weighted by atomic mass is 32.1. The molecule has 2 N–H and O–H groups in total. The summed E-state index contributed by atoms with van der Waals surface area (Å²) in [5.74, 6) is -6.95. The molecule has 4 aromatic heterocycles. The number of rotatable bonds is 13. The number of amides is 1. The van der Waals surface area contributed by atoms with Crippen LogP contribution in [0.3, 0.4) is 0 Å². The predicted molar refractivity (Wildman–Crippen MR) is 168 cm³/mol. The molecule has 2 atom stereocenters. The van der Waals surface area contributed by atoms with Gasteiger partial charge in [-0.1, -0.05) is 0 Å². The van der Waals surface area contributed by atoms with Gasteiger partial charge in [0.1, 0.15) is 28.0 Å². The number of nitrogens with one attached hydrogen (secondary N) is 1. The van der Waals surface area contributed by atoms with Crippen molar-refractivity contribution >= 4 is 40.8 Å². The molecule has 49 heavy (non-hydrogen) atoms. The molecule has 5 rings (SSSR count). The van der Waals surface area contributed by atoms with Crippen molar-refractivity contribution in [2.45, 2.75) is 71.4 Å². The number of hydrogen-bond donors (Lipinski definition) is 2. The maximum absolute atomic E-state index is 14.8. The zero-order valence-corrected chi connectivity index (χ0v) is 27.5. The van der Waals surface area contributed by atoms with Crippen molar-refractivity contribution in [3.8, 4) is 22.0 Å². The van der Waals surface area contributed by atoms with E-state index in [0.717, 1.165) is 56.1 Å². The van der Waals surface area contributed by atoms with Crippen LogP contribution in [0.15, 0.2) is 36.1 Å². The van der Waals surface area contributed by atoms with E-state index in [1.807, 2.05) is 6.92 Å². The molecule has 0 aromatic carbocycles. The van der Waals surface area contributed by atoms with Crippen LogP contribution in [0.2, 0.25) is 0 Å². The van der Waals surface area contributed by atoms with Crippen molar-refractivity contribution in [2.24, 2.45) is 5.92 Å². The maximum atomic E-state index is 14.8. The minimum Gasteiger partial charge on any atom is -0.481 e. The Bertz CT molecular complexity index is 1840. The van der Waals surface area contributed by atoms with Crippen LogP contribution in [0, 0.1) is 17.7 Å². The molecule has 4 aromatic rings. The monoisotopic (exact) mass is 701 g/mol. The van der Waals surface area contributed by atoms with E-state index in [-0.39, 0.29) is 34.9 Å². The maximum Gasteiger partial charge on any atom is 0.350 e. The van der Waals surface area contributed by atoms with Gasteiger partial charge >= 0.3 is 17.9 Å². The number of carbonyl (C=O) groups is 4. The minimum absolute atomic E-state index is 0.0228. The second-order valence-corrected chi connectivity index (χ2v) is 12.1. The van der Waals surface area contributed by atoms with Gasteiger partial charge in [-0.25, -0.2) is 23.8 Å². The first-order chi connectivity index (χ1) is 23.4. The lowest BCUT2D eigenvalue weighted by Gasteiger charge is -2.28. The van der Waals surface area contributed by atoms with Crippen LogP contribution >= 0.6 is 11.3 Å². The Morgan fingerprint density at radius 3 is 2.55 bits per heavy atom. The van der Waals surface area contributed by atoms with Gasteiger partial charge in [0, 0.05) is 36.9 Å². The molecule has 1 aliphatic carbocycles. The molecule has 0 bridgehead atoms. The molecule has 260 valence electrons. The molecule has 1 aliphatic rings. The van der Waals surface area contributed by atoms with Crippen LogP contribution in [0.4, 0.5) is 14.5 Å². The first-order valence-corrected chi connectivity index (χ1v) is 16.2. The van der Waals surface area contributed by atoms with Gasteiger partial charge in [0.25, 0.3) is 5.91 Å². The van der Waals surface area contributed by atoms with Crippen LogP contribution in [0.5, 0.6) is 0 Å². The molecule has 0 spiro atoms. The number of esters is 2. The van der Waals surface area contributed by atoms with Gasteiger partial charge < -0.3 is 24.6 Å². The molecule has 1 saturated carbocycles. The van der Waals surface area contributed by atoms with E-state index in [4.69, 9.17) is 14.2 Å². The first-order valence-electron chi connectivity index (χ1n) is 15.3. The average molecular weight is 702 g/mol. The molecule has 0 aliphatic heterocycles. The summed E-state index contributed by atoms with van der Waals surface area (Å²) in [7, 11) is 0. The van der Waals surface area contributed by atoms with Crippen LogP contribution in [0.25, 0.3) is 22.0 Å². The molecule has 1 unspecified atom stereocenters. The van der Waals surface area contributed by atoms with Crippen molar-refractivity contribution in [3.63, 3.8) is 0 Å². The smallest absolute Gasteiger partial charge is 0.350 e. The number of pyridine rings is 1. The van der Waals surface area contributed by atoms with Gasteiger partial charge in [-0.3, -0.25) is 19.1 Å². The summed E-state index contributed by atoms with van der Waals surface area (Å²) in [5, 5.41) is 22.5. The van der Waals surface area contributed by atoms with Crippen molar-refractivity contribution in [2.75, 3.05) is 11.9 Å². The summed E-state index contributed by atoms with van der Waals surface area (Å²) in [6.45, 7) is 4.38. The normalized spacial score (nSPS) is 17.2. The van der Waals surface area contributed by atoms with Gasteiger partial charge in [0.2, 0.25) is 12.1 Å². The zero-order chi connectivity index (χ0) is 35.2. The lowest BCUT2D eigenvalue weighted by atomic mass is 9.93. The Hall–Kier alpha value is -5.10. The van der Waals surface area contributed by atoms with Gasteiger partial charge in [0.15, 0.2) is 12.5 Å². The number of anilines is 1. The molecule has 0 radical (unpaired) electrons. The molecule has 0 saturated heterocycles. The average Bonchev–Trinajstić information content (AvgIpc) is 3.84. The standard InChI is InChI=1S/C31H33F2N7O8S/c1-4-46-20-7-5-19(6-8-20)40-13-22(26(38-40)25-21(32)9-10-24(33)37-25)35-28(42)23-14-49-29(36-23)18-11-34-39(12-18)15-47-31(45)27(48-17(3)41)16(2)30(43)44/h9-14,16,19-20,27H,4-8,15H2,1-3H3,(H,35,42)(H,43,44)/t16-,19?,20?,27?/m1/s1. The number of aromatic nitrogens is 6. The highest BCUT2D eigenvalue weighted by Crippen LogP contribution is 2.35. The first kappa shape index (κ1) is 35.2. The van der Waals surface area contributed by atoms with E-state index in [9.17, 15) is 33.1 Å². The van der Waals surface area contributed by atoms with Crippen molar-refractivity contribution in [1.29, 1.82) is 0 Å². The molecule has 4 heterocycles. The Balaban J connectivity index is 1.29. The summed E-state index contributed by atoms with van der Waals surface area (Å²) in [6, 6.07) is 1.79. The topological polar surface area (TPSA) is 190 Å². The molecule has 15 nitrogen and oxygen atoms in total. The van der Waals surface area contributed by atoms with E-state index >= 15 is 0 Å². The summed E-state index contributed by atoms with van der Waals surface area (Å²) in [5.41, 5.74) is 0.243. The molecule has 18 heteroatoms. The number of nitrogens with zero attached hydrogens (tertiary/aromatic N) is 6. The van der Waals surface area contributed by atoms with Crippen molar-refractivity contribution in [3.05, 3.63) is 53.6 Å². The molecule has 1 amide bonds. The number of carboxylic acids is 1. The molecule has 1 fully saturated rings. The van der Waals surface area contributed by atoms with E-state index < -0.39 is 54.3 Å². The Morgan fingerprint density at radius 1 is 1.10 bits per heavy atom. The lowest BCUT2D eigenvalue weighted by molar-refractivity contribution is -0.177. The summed E-state index contributed by atoms with van der Waals surface area (Å²) < 4.78 is 47.5. The van der Waals surface area contributed by atoms with Gasteiger partial charge in [0.05, 0.1) is 24.0 Å².